The van der Waals surface area contributed by atoms with Crippen molar-refractivity contribution in [2.45, 2.75) is 51.5 Å². The first kappa shape index (κ1) is 25.0. The SMILES string of the molecule is CCCNC(=O)CN1CCC(NC(=O)C2CCCN(C(=O)CCOc3ccccc3)C2)CC1. The fourth-order valence-corrected chi connectivity index (χ4v) is 4.43. The number of amides is 3. The molecule has 0 spiro atoms. The van der Waals surface area contributed by atoms with Gasteiger partial charge in [-0.15, -0.1) is 0 Å². The molecule has 8 nitrogen and oxygen atoms in total. The van der Waals surface area contributed by atoms with Gasteiger partial charge < -0.3 is 20.3 Å². The number of rotatable bonds is 10. The van der Waals surface area contributed by atoms with E-state index in [2.05, 4.69) is 15.5 Å². The Morgan fingerprint density at radius 2 is 1.82 bits per heavy atom. The van der Waals surface area contributed by atoms with Crippen molar-refractivity contribution in [3.05, 3.63) is 30.3 Å². The number of hydrogen-bond donors (Lipinski definition) is 2. The van der Waals surface area contributed by atoms with Gasteiger partial charge in [-0.1, -0.05) is 25.1 Å². The van der Waals surface area contributed by atoms with E-state index in [4.69, 9.17) is 4.74 Å². The normalized spacial score (nSPS) is 19.7. The highest BCUT2D eigenvalue weighted by atomic mass is 16.5. The average molecular weight is 459 g/mol. The second-order valence-corrected chi connectivity index (χ2v) is 9.00. The Bertz CT molecular complexity index is 765. The quantitative estimate of drug-likeness (QED) is 0.558. The van der Waals surface area contributed by atoms with Crippen LogP contribution in [0.1, 0.15) is 45.4 Å². The van der Waals surface area contributed by atoms with Crippen molar-refractivity contribution in [1.82, 2.24) is 20.4 Å². The molecule has 2 heterocycles. The smallest absolute Gasteiger partial charge is 0.234 e. The Kier molecular flexibility index (Phi) is 10.00. The minimum atomic E-state index is -0.157. The maximum Gasteiger partial charge on any atom is 0.234 e. The van der Waals surface area contributed by atoms with Crippen LogP contribution in [-0.4, -0.2) is 79.4 Å². The molecule has 2 N–H and O–H groups in total. The molecule has 33 heavy (non-hydrogen) atoms. The number of nitrogens with zero attached hydrogens (tertiary/aromatic N) is 2. The molecule has 2 aliphatic rings. The van der Waals surface area contributed by atoms with E-state index in [0.717, 1.165) is 50.9 Å². The van der Waals surface area contributed by atoms with Crippen LogP contribution >= 0.6 is 0 Å². The van der Waals surface area contributed by atoms with E-state index in [1.807, 2.05) is 37.3 Å². The highest BCUT2D eigenvalue weighted by Crippen LogP contribution is 2.19. The predicted octanol–water partition coefficient (Wildman–Crippen LogP) is 1.80. The first-order valence-electron chi connectivity index (χ1n) is 12.3. The number of nitrogens with one attached hydrogen (secondary N) is 2. The fraction of sp³-hybridized carbons (Fsp3) is 0.640. The van der Waals surface area contributed by atoms with Crippen LogP contribution in [-0.2, 0) is 14.4 Å². The molecule has 2 fully saturated rings. The van der Waals surface area contributed by atoms with Crippen molar-refractivity contribution >= 4 is 17.7 Å². The van der Waals surface area contributed by atoms with Crippen molar-refractivity contribution < 1.29 is 19.1 Å². The van der Waals surface area contributed by atoms with Gasteiger partial charge in [0.25, 0.3) is 0 Å². The van der Waals surface area contributed by atoms with E-state index in [1.54, 1.807) is 4.90 Å². The van der Waals surface area contributed by atoms with E-state index in [9.17, 15) is 14.4 Å². The highest BCUT2D eigenvalue weighted by Gasteiger charge is 2.30. The molecule has 0 aliphatic carbocycles. The molecule has 1 aromatic carbocycles. The number of piperidine rings is 2. The zero-order valence-electron chi connectivity index (χ0n) is 19.8. The van der Waals surface area contributed by atoms with Gasteiger partial charge in [0.2, 0.25) is 17.7 Å². The molecule has 3 amide bonds. The van der Waals surface area contributed by atoms with Crippen LogP contribution in [0.15, 0.2) is 30.3 Å². The first-order chi connectivity index (χ1) is 16.0. The van der Waals surface area contributed by atoms with Crippen LogP contribution < -0.4 is 15.4 Å². The summed E-state index contributed by atoms with van der Waals surface area (Å²) >= 11 is 0. The lowest BCUT2D eigenvalue weighted by atomic mass is 9.95. The summed E-state index contributed by atoms with van der Waals surface area (Å²) in [6, 6.07) is 9.61. The zero-order chi connectivity index (χ0) is 23.5. The highest BCUT2D eigenvalue weighted by molar-refractivity contribution is 5.81. The van der Waals surface area contributed by atoms with Gasteiger partial charge in [0.1, 0.15) is 5.75 Å². The van der Waals surface area contributed by atoms with Gasteiger partial charge in [-0.25, -0.2) is 0 Å². The molecule has 0 radical (unpaired) electrons. The number of para-hydroxylation sites is 1. The van der Waals surface area contributed by atoms with Gasteiger partial charge >= 0.3 is 0 Å². The Hall–Kier alpha value is -2.61. The van der Waals surface area contributed by atoms with E-state index < -0.39 is 0 Å². The Labute approximate surface area is 197 Å². The minimum absolute atomic E-state index is 0.0399. The molecule has 3 rings (SSSR count). The second-order valence-electron chi connectivity index (χ2n) is 9.00. The van der Waals surface area contributed by atoms with E-state index >= 15 is 0 Å². The molecule has 1 unspecified atom stereocenters. The molecule has 1 aromatic rings. The topological polar surface area (TPSA) is 91.0 Å². The number of carbonyl (C=O) groups excluding carboxylic acids is 3. The number of hydrogen-bond acceptors (Lipinski definition) is 5. The predicted molar refractivity (Wildman–Crippen MR) is 127 cm³/mol. The second kappa shape index (κ2) is 13.2. The average Bonchev–Trinajstić information content (AvgIpc) is 2.84. The van der Waals surface area contributed by atoms with Gasteiger partial charge in [-0.3, -0.25) is 19.3 Å². The molecule has 182 valence electrons. The third-order valence-corrected chi connectivity index (χ3v) is 6.35. The summed E-state index contributed by atoms with van der Waals surface area (Å²) in [7, 11) is 0. The summed E-state index contributed by atoms with van der Waals surface area (Å²) in [6.07, 6.45) is 4.60. The molecule has 2 aliphatic heterocycles. The van der Waals surface area contributed by atoms with Crippen molar-refractivity contribution in [3.63, 3.8) is 0 Å². The summed E-state index contributed by atoms with van der Waals surface area (Å²) in [5.41, 5.74) is 0. The Morgan fingerprint density at radius 3 is 2.55 bits per heavy atom. The number of likely N-dealkylation sites (tertiary alicyclic amines) is 2. The Morgan fingerprint density at radius 1 is 1.06 bits per heavy atom. The van der Waals surface area contributed by atoms with Crippen LogP contribution in [0.25, 0.3) is 0 Å². The molecule has 0 aromatic heterocycles. The van der Waals surface area contributed by atoms with Crippen LogP contribution in [0.3, 0.4) is 0 Å². The summed E-state index contributed by atoms with van der Waals surface area (Å²) in [5, 5.41) is 6.10. The molecule has 1 atom stereocenters. The summed E-state index contributed by atoms with van der Waals surface area (Å²) < 4.78 is 5.64. The van der Waals surface area contributed by atoms with Gasteiger partial charge in [0.05, 0.1) is 25.5 Å². The summed E-state index contributed by atoms with van der Waals surface area (Å²) in [5.74, 6) is 0.759. The van der Waals surface area contributed by atoms with E-state index in [0.29, 0.717) is 39.2 Å². The molecule has 0 bridgehead atoms. The van der Waals surface area contributed by atoms with E-state index in [-0.39, 0.29) is 29.7 Å². The van der Waals surface area contributed by atoms with Crippen molar-refractivity contribution in [1.29, 1.82) is 0 Å². The fourth-order valence-electron chi connectivity index (χ4n) is 4.43. The van der Waals surface area contributed by atoms with Crippen LogP contribution in [0.4, 0.5) is 0 Å². The van der Waals surface area contributed by atoms with Crippen LogP contribution in [0.5, 0.6) is 5.75 Å². The Balaban J connectivity index is 1.35. The third kappa shape index (κ3) is 8.35. The number of ether oxygens (including phenoxy) is 1. The molecule has 8 heteroatoms. The largest absolute Gasteiger partial charge is 0.493 e. The van der Waals surface area contributed by atoms with Crippen molar-refractivity contribution in [2.75, 3.05) is 45.9 Å². The van der Waals surface area contributed by atoms with Gasteiger partial charge in [0.15, 0.2) is 0 Å². The molecular formula is C25H38N4O4. The lowest BCUT2D eigenvalue weighted by molar-refractivity contribution is -0.136. The number of benzene rings is 1. The first-order valence-corrected chi connectivity index (χ1v) is 12.3. The third-order valence-electron chi connectivity index (χ3n) is 6.35. The zero-order valence-corrected chi connectivity index (χ0v) is 19.8. The van der Waals surface area contributed by atoms with Crippen LogP contribution in [0.2, 0.25) is 0 Å². The monoisotopic (exact) mass is 458 g/mol. The lowest BCUT2D eigenvalue weighted by Crippen LogP contribution is -2.51. The standard InChI is InChI=1S/C25H38N4O4/c1-2-13-26-23(30)19-28-15-10-21(11-16-28)27-25(32)20-7-6-14-29(18-20)24(31)12-17-33-22-8-4-3-5-9-22/h3-5,8-9,20-21H,2,6-7,10-19H2,1H3,(H,26,30)(H,27,32). The number of carbonyl (C=O) groups is 3. The molecule has 0 saturated carbocycles. The van der Waals surface area contributed by atoms with Crippen molar-refractivity contribution in [3.8, 4) is 5.75 Å². The lowest BCUT2D eigenvalue weighted by Gasteiger charge is -2.35. The van der Waals surface area contributed by atoms with Crippen molar-refractivity contribution in [2.24, 2.45) is 5.92 Å². The maximum atomic E-state index is 12.9. The van der Waals surface area contributed by atoms with Gasteiger partial charge in [-0.2, -0.15) is 0 Å². The summed E-state index contributed by atoms with van der Waals surface area (Å²) in [6.45, 7) is 6.31. The molecular weight excluding hydrogens is 420 g/mol. The van der Waals surface area contributed by atoms with Crippen LogP contribution in [0, 0.1) is 5.92 Å². The minimum Gasteiger partial charge on any atom is -0.493 e. The van der Waals surface area contributed by atoms with Gasteiger partial charge in [0, 0.05) is 38.8 Å². The van der Waals surface area contributed by atoms with E-state index in [1.165, 1.54) is 0 Å². The summed E-state index contributed by atoms with van der Waals surface area (Å²) in [4.78, 5) is 41.3. The van der Waals surface area contributed by atoms with Gasteiger partial charge in [-0.05, 0) is 44.2 Å². The molecule has 2 saturated heterocycles. The maximum absolute atomic E-state index is 12.9.